The van der Waals surface area contributed by atoms with Gasteiger partial charge in [0.05, 0.1) is 48.4 Å². The molecular weight excluding hydrogens is 345 g/mol. The molecule has 27 heavy (non-hydrogen) atoms. The Morgan fingerprint density at radius 3 is 2.78 bits per heavy atom. The van der Waals surface area contributed by atoms with Gasteiger partial charge in [-0.2, -0.15) is 5.26 Å². The van der Waals surface area contributed by atoms with E-state index in [2.05, 4.69) is 4.98 Å². The van der Waals surface area contributed by atoms with Gasteiger partial charge in [-0.05, 0) is 42.3 Å². The van der Waals surface area contributed by atoms with Gasteiger partial charge in [0.1, 0.15) is 17.2 Å². The molecule has 0 spiro atoms. The largest absolute Gasteiger partial charge is 0.497 e. The van der Waals surface area contributed by atoms with E-state index in [0.717, 1.165) is 11.1 Å². The zero-order valence-electron chi connectivity index (χ0n) is 14.8. The van der Waals surface area contributed by atoms with Crippen LogP contribution in [0.4, 0.5) is 4.39 Å². The normalized spacial score (nSPS) is 27.1. The summed E-state index contributed by atoms with van der Waals surface area (Å²) in [5.74, 6) is 0.189. The maximum atomic E-state index is 14.9. The summed E-state index contributed by atoms with van der Waals surface area (Å²) >= 11 is 0. The van der Waals surface area contributed by atoms with Crippen LogP contribution in [0.15, 0.2) is 48.9 Å². The molecule has 134 valence electrons. The quantitative estimate of drug-likeness (QED) is 0.762. The van der Waals surface area contributed by atoms with Gasteiger partial charge in [0.15, 0.2) is 0 Å². The molecule has 2 aromatic carbocycles. The summed E-state index contributed by atoms with van der Waals surface area (Å²) in [5.41, 5.74) is 0.957. The number of halogens is 1. The van der Waals surface area contributed by atoms with Crippen LogP contribution >= 0.6 is 0 Å². The van der Waals surface area contributed by atoms with Crippen molar-refractivity contribution >= 4 is 0 Å². The van der Waals surface area contributed by atoms with Crippen LogP contribution in [-0.4, -0.2) is 21.8 Å². The summed E-state index contributed by atoms with van der Waals surface area (Å²) in [4.78, 5) is 4.19. The fourth-order valence-electron chi connectivity index (χ4n) is 4.91. The Labute approximate surface area is 155 Å². The molecule has 0 fully saturated rings. The molecule has 1 N–H and O–H groups in total. The molecule has 0 saturated heterocycles. The van der Waals surface area contributed by atoms with Gasteiger partial charge in [-0.3, -0.25) is 0 Å². The molecule has 3 unspecified atom stereocenters. The van der Waals surface area contributed by atoms with Crippen molar-refractivity contribution in [3.05, 3.63) is 82.7 Å². The first-order valence-corrected chi connectivity index (χ1v) is 8.60. The predicted octanol–water partition coefficient (Wildman–Crippen LogP) is 3.01. The zero-order chi connectivity index (χ0) is 19.0. The highest BCUT2D eigenvalue weighted by Crippen LogP contribution is 2.68. The Bertz CT molecular complexity index is 1150. The minimum Gasteiger partial charge on any atom is -0.497 e. The van der Waals surface area contributed by atoms with Gasteiger partial charge in [-0.1, -0.05) is 12.1 Å². The average molecular weight is 361 g/mol. The van der Waals surface area contributed by atoms with Crippen LogP contribution in [0.25, 0.3) is 0 Å². The Morgan fingerprint density at radius 1 is 1.26 bits per heavy atom. The number of hydrogen-bond donors (Lipinski definition) is 1. The number of nitriles is 1. The summed E-state index contributed by atoms with van der Waals surface area (Å²) < 4.78 is 22.1. The number of benzene rings is 2. The molecule has 0 radical (unpaired) electrons. The lowest BCUT2D eigenvalue weighted by Crippen LogP contribution is -2.56. The number of ether oxygens (including phenoxy) is 1. The number of aromatic nitrogens is 2. The van der Waals surface area contributed by atoms with Crippen LogP contribution in [0.3, 0.4) is 0 Å². The number of aliphatic hydroxyl groups is 1. The van der Waals surface area contributed by atoms with Crippen molar-refractivity contribution in [2.75, 3.05) is 7.11 Å². The average Bonchev–Trinajstić information content (AvgIpc) is 3.21. The molecule has 3 aromatic rings. The first kappa shape index (κ1) is 16.0. The van der Waals surface area contributed by atoms with Crippen molar-refractivity contribution in [2.45, 2.75) is 24.0 Å². The molecule has 2 aliphatic rings. The van der Waals surface area contributed by atoms with E-state index in [-0.39, 0.29) is 5.56 Å². The van der Waals surface area contributed by atoms with Crippen LogP contribution in [0.1, 0.15) is 40.9 Å². The number of rotatable bonds is 2. The fraction of sp³-hybridized carbons (Fsp3) is 0.238. The van der Waals surface area contributed by atoms with Crippen LogP contribution in [0.2, 0.25) is 0 Å². The summed E-state index contributed by atoms with van der Waals surface area (Å²) in [6, 6.07) is 11.5. The number of fused-ring (bicyclic) bond motifs is 6. The maximum absolute atomic E-state index is 14.9. The van der Waals surface area contributed by atoms with E-state index in [4.69, 9.17) is 10.00 Å². The molecule has 3 atom stereocenters. The van der Waals surface area contributed by atoms with Gasteiger partial charge in [0.25, 0.3) is 0 Å². The molecule has 2 heterocycles. The zero-order valence-corrected chi connectivity index (χ0v) is 14.8. The number of imidazole rings is 1. The molecule has 1 aliphatic heterocycles. The number of hydrogen-bond acceptors (Lipinski definition) is 4. The van der Waals surface area contributed by atoms with Gasteiger partial charge in [0, 0.05) is 5.56 Å². The standard InChI is InChI=1S/C21H16FN3O2/c1-20-15-6-4-13(27-2)8-16(15)21(20,26)18-10-24-11-25(18)19(20)14-5-3-12(9-23)7-17(14)22/h3-8,10-11,19,26H,1-2H3. The molecule has 1 aromatic heterocycles. The molecule has 0 amide bonds. The van der Waals surface area contributed by atoms with E-state index in [1.165, 1.54) is 6.07 Å². The summed E-state index contributed by atoms with van der Waals surface area (Å²) in [6.45, 7) is 1.94. The third-order valence-electron chi connectivity index (χ3n) is 6.21. The molecule has 0 bridgehead atoms. The molecular formula is C21H16FN3O2. The summed E-state index contributed by atoms with van der Waals surface area (Å²) in [6.07, 6.45) is 3.25. The summed E-state index contributed by atoms with van der Waals surface area (Å²) in [7, 11) is 1.58. The lowest BCUT2D eigenvalue weighted by molar-refractivity contribution is -0.0271. The molecule has 6 heteroatoms. The fourth-order valence-corrected chi connectivity index (χ4v) is 4.91. The van der Waals surface area contributed by atoms with Crippen molar-refractivity contribution < 1.29 is 14.2 Å². The number of nitrogens with zero attached hydrogens (tertiary/aromatic N) is 3. The predicted molar refractivity (Wildman–Crippen MR) is 94.8 cm³/mol. The van der Waals surface area contributed by atoms with Gasteiger partial charge < -0.3 is 14.4 Å². The van der Waals surface area contributed by atoms with Crippen molar-refractivity contribution in [1.82, 2.24) is 9.55 Å². The highest BCUT2D eigenvalue weighted by Gasteiger charge is 2.70. The Morgan fingerprint density at radius 2 is 2.07 bits per heavy atom. The molecule has 1 aliphatic carbocycles. The highest BCUT2D eigenvalue weighted by atomic mass is 19.1. The van der Waals surface area contributed by atoms with Gasteiger partial charge >= 0.3 is 0 Å². The second-order valence-electron chi connectivity index (χ2n) is 7.26. The monoisotopic (exact) mass is 361 g/mol. The van der Waals surface area contributed by atoms with E-state index < -0.39 is 22.9 Å². The second kappa shape index (κ2) is 4.96. The van der Waals surface area contributed by atoms with E-state index >= 15 is 0 Å². The van der Waals surface area contributed by atoms with Crippen molar-refractivity contribution in [1.29, 1.82) is 5.26 Å². The number of methoxy groups -OCH3 is 1. The van der Waals surface area contributed by atoms with Crippen LogP contribution < -0.4 is 4.74 Å². The van der Waals surface area contributed by atoms with E-state index in [9.17, 15) is 9.50 Å². The smallest absolute Gasteiger partial charge is 0.143 e. The molecule has 5 nitrogen and oxygen atoms in total. The SMILES string of the molecule is COc1ccc2c(c1)C1(O)c3cncn3C(c3ccc(C#N)cc3F)C21C. The molecule has 5 rings (SSSR count). The Balaban J connectivity index is 1.78. The third kappa shape index (κ3) is 1.64. The van der Waals surface area contributed by atoms with Crippen molar-refractivity contribution in [3.8, 4) is 11.8 Å². The van der Waals surface area contributed by atoms with Crippen molar-refractivity contribution in [2.24, 2.45) is 0 Å². The minimum atomic E-state index is -1.29. The van der Waals surface area contributed by atoms with Crippen LogP contribution in [0, 0.1) is 17.1 Å². The lowest BCUT2D eigenvalue weighted by atomic mass is 9.51. The topological polar surface area (TPSA) is 71.1 Å². The van der Waals surface area contributed by atoms with Crippen LogP contribution in [0.5, 0.6) is 5.75 Å². The summed E-state index contributed by atoms with van der Waals surface area (Å²) in [5, 5.41) is 20.8. The second-order valence-corrected chi connectivity index (χ2v) is 7.26. The first-order valence-electron chi connectivity index (χ1n) is 8.60. The lowest BCUT2D eigenvalue weighted by Gasteiger charge is -2.53. The maximum Gasteiger partial charge on any atom is 0.143 e. The third-order valence-corrected chi connectivity index (χ3v) is 6.21. The van der Waals surface area contributed by atoms with Gasteiger partial charge in [-0.15, -0.1) is 0 Å². The first-order chi connectivity index (χ1) is 13.0. The van der Waals surface area contributed by atoms with Crippen molar-refractivity contribution in [3.63, 3.8) is 0 Å². The minimum absolute atomic E-state index is 0.263. The van der Waals surface area contributed by atoms with Gasteiger partial charge in [0.2, 0.25) is 0 Å². The molecule has 0 saturated carbocycles. The van der Waals surface area contributed by atoms with E-state index in [1.54, 1.807) is 31.8 Å². The van der Waals surface area contributed by atoms with Crippen LogP contribution in [-0.2, 0) is 11.0 Å². The van der Waals surface area contributed by atoms with E-state index in [1.807, 2.05) is 35.8 Å². The van der Waals surface area contributed by atoms with Gasteiger partial charge in [-0.25, -0.2) is 9.37 Å². The highest BCUT2D eigenvalue weighted by molar-refractivity contribution is 5.64. The Kier molecular flexibility index (Phi) is 2.95. The van der Waals surface area contributed by atoms with E-state index in [0.29, 0.717) is 17.0 Å². The Hall–Kier alpha value is -3.17.